The Bertz CT molecular complexity index is 699. The van der Waals surface area contributed by atoms with E-state index in [-0.39, 0.29) is 5.91 Å². The number of anilines is 1. The van der Waals surface area contributed by atoms with E-state index >= 15 is 0 Å². The molecule has 0 radical (unpaired) electrons. The molecule has 0 fully saturated rings. The van der Waals surface area contributed by atoms with E-state index in [4.69, 9.17) is 5.26 Å². The van der Waals surface area contributed by atoms with E-state index in [1.807, 2.05) is 19.1 Å². The fourth-order valence-electron chi connectivity index (χ4n) is 1.66. The molecule has 0 unspecified atom stereocenters. The average molecular weight is 263 g/mol. The number of nitrogens with one attached hydrogen (secondary N) is 1. The maximum atomic E-state index is 11.7. The summed E-state index contributed by atoms with van der Waals surface area (Å²) in [6.45, 7) is 1.93. The van der Waals surface area contributed by atoms with Crippen LogP contribution in [0.5, 0.6) is 0 Å². The second-order valence-electron chi connectivity index (χ2n) is 4.28. The number of hydrogen-bond donors (Lipinski definition) is 1. The third-order valence-corrected chi connectivity index (χ3v) is 2.61. The molecule has 0 spiro atoms. The van der Waals surface area contributed by atoms with Crippen LogP contribution in [0, 0.1) is 18.3 Å². The topological polar surface area (TPSA) is 65.8 Å². The molecule has 1 amide bonds. The summed E-state index contributed by atoms with van der Waals surface area (Å²) in [5.41, 5.74) is 2.39. The summed E-state index contributed by atoms with van der Waals surface area (Å²) in [5.74, 6) is 0.260. The number of pyridine rings is 1. The average Bonchev–Trinajstić information content (AvgIpc) is 2.45. The lowest BCUT2D eigenvalue weighted by molar-refractivity contribution is -0.111. The van der Waals surface area contributed by atoms with Crippen LogP contribution in [0.3, 0.4) is 0 Å². The van der Waals surface area contributed by atoms with Crippen LogP contribution in [0.25, 0.3) is 6.08 Å². The van der Waals surface area contributed by atoms with Crippen LogP contribution in [0.15, 0.2) is 48.7 Å². The number of carbonyl (C=O) groups excluding carboxylic acids is 1. The molecule has 0 saturated carbocycles. The van der Waals surface area contributed by atoms with Crippen LogP contribution >= 0.6 is 0 Å². The monoisotopic (exact) mass is 263 g/mol. The predicted octanol–water partition coefficient (Wildman–Crippen LogP) is 2.91. The van der Waals surface area contributed by atoms with Gasteiger partial charge in [0.15, 0.2) is 0 Å². The minimum Gasteiger partial charge on any atom is -0.307 e. The molecule has 0 saturated heterocycles. The number of hydrogen-bond acceptors (Lipinski definition) is 3. The lowest BCUT2D eigenvalue weighted by atomic mass is 10.1. The second-order valence-corrected chi connectivity index (χ2v) is 4.28. The van der Waals surface area contributed by atoms with Crippen molar-refractivity contribution in [2.24, 2.45) is 0 Å². The van der Waals surface area contributed by atoms with E-state index in [1.54, 1.807) is 36.5 Å². The van der Waals surface area contributed by atoms with E-state index in [2.05, 4.69) is 16.4 Å². The first-order valence-electron chi connectivity index (χ1n) is 6.09. The van der Waals surface area contributed by atoms with Gasteiger partial charge in [0.2, 0.25) is 5.91 Å². The maximum absolute atomic E-state index is 11.7. The van der Waals surface area contributed by atoms with Crippen molar-refractivity contribution in [3.63, 3.8) is 0 Å². The first-order chi connectivity index (χ1) is 9.67. The molecule has 4 heteroatoms. The van der Waals surface area contributed by atoms with Gasteiger partial charge < -0.3 is 5.32 Å². The Hall–Kier alpha value is -2.93. The highest BCUT2D eigenvalue weighted by Crippen LogP contribution is 2.08. The fourth-order valence-corrected chi connectivity index (χ4v) is 1.66. The summed E-state index contributed by atoms with van der Waals surface area (Å²) >= 11 is 0. The van der Waals surface area contributed by atoms with Gasteiger partial charge in [-0.3, -0.25) is 4.79 Å². The largest absolute Gasteiger partial charge is 0.307 e. The van der Waals surface area contributed by atoms with E-state index in [9.17, 15) is 4.79 Å². The Balaban J connectivity index is 2.04. The van der Waals surface area contributed by atoms with Gasteiger partial charge in [-0.1, -0.05) is 12.1 Å². The highest BCUT2D eigenvalue weighted by Gasteiger charge is 1.99. The van der Waals surface area contributed by atoms with E-state index in [0.717, 1.165) is 11.1 Å². The molecule has 0 bridgehead atoms. The Morgan fingerprint density at radius 1 is 1.35 bits per heavy atom. The summed E-state index contributed by atoms with van der Waals surface area (Å²) in [6, 6.07) is 12.7. The van der Waals surface area contributed by atoms with Gasteiger partial charge in [-0.15, -0.1) is 0 Å². The van der Waals surface area contributed by atoms with Crippen molar-refractivity contribution in [1.29, 1.82) is 5.26 Å². The molecule has 0 aliphatic heterocycles. The van der Waals surface area contributed by atoms with Gasteiger partial charge in [0.1, 0.15) is 5.82 Å². The molecule has 1 N–H and O–H groups in total. The van der Waals surface area contributed by atoms with Crippen LogP contribution in [-0.2, 0) is 4.79 Å². The molecule has 0 aliphatic carbocycles. The number of aryl methyl sites for hydroxylation is 1. The van der Waals surface area contributed by atoms with Gasteiger partial charge >= 0.3 is 0 Å². The molecule has 0 aliphatic rings. The molecular formula is C16H13N3O. The number of nitrogens with zero attached hydrogens (tertiary/aromatic N) is 2. The Labute approximate surface area is 117 Å². The zero-order chi connectivity index (χ0) is 14.4. The second kappa shape index (κ2) is 6.30. The van der Waals surface area contributed by atoms with Crippen molar-refractivity contribution in [3.8, 4) is 6.07 Å². The van der Waals surface area contributed by atoms with Crippen molar-refractivity contribution in [3.05, 3.63) is 65.4 Å². The highest BCUT2D eigenvalue weighted by atomic mass is 16.1. The van der Waals surface area contributed by atoms with Crippen LogP contribution in [0.4, 0.5) is 5.82 Å². The van der Waals surface area contributed by atoms with E-state index in [0.29, 0.717) is 11.4 Å². The zero-order valence-corrected chi connectivity index (χ0v) is 11.0. The molecule has 1 heterocycles. The van der Waals surface area contributed by atoms with Gasteiger partial charge in [0.05, 0.1) is 11.6 Å². The van der Waals surface area contributed by atoms with Crippen molar-refractivity contribution < 1.29 is 4.79 Å². The molecule has 98 valence electrons. The number of nitriles is 1. The maximum Gasteiger partial charge on any atom is 0.249 e. The number of aromatic nitrogens is 1. The first kappa shape index (κ1) is 13.5. The zero-order valence-electron chi connectivity index (χ0n) is 11.0. The van der Waals surface area contributed by atoms with Gasteiger partial charge in [-0.25, -0.2) is 4.98 Å². The third-order valence-electron chi connectivity index (χ3n) is 2.61. The number of rotatable bonds is 3. The highest BCUT2D eigenvalue weighted by molar-refractivity contribution is 6.01. The molecule has 20 heavy (non-hydrogen) atoms. The quantitative estimate of drug-likeness (QED) is 0.866. The molecule has 2 aromatic rings. The summed E-state index contributed by atoms with van der Waals surface area (Å²) in [5, 5.41) is 11.5. The van der Waals surface area contributed by atoms with E-state index in [1.165, 1.54) is 6.08 Å². The predicted molar refractivity (Wildman–Crippen MR) is 77.8 cm³/mol. The third kappa shape index (κ3) is 3.79. The van der Waals surface area contributed by atoms with Crippen molar-refractivity contribution in [2.45, 2.75) is 6.92 Å². The van der Waals surface area contributed by atoms with Crippen LogP contribution in [0.2, 0.25) is 0 Å². The summed E-state index contributed by atoms with van der Waals surface area (Å²) in [7, 11) is 0. The van der Waals surface area contributed by atoms with Crippen LogP contribution in [-0.4, -0.2) is 10.9 Å². The van der Waals surface area contributed by atoms with E-state index < -0.39 is 0 Å². The molecule has 2 rings (SSSR count). The summed E-state index contributed by atoms with van der Waals surface area (Å²) in [6.07, 6.45) is 4.72. The minimum absolute atomic E-state index is 0.259. The van der Waals surface area contributed by atoms with Gasteiger partial charge in [-0.05, 0) is 48.4 Å². The Morgan fingerprint density at radius 2 is 2.20 bits per heavy atom. The van der Waals surface area contributed by atoms with Gasteiger partial charge in [-0.2, -0.15) is 5.26 Å². The van der Waals surface area contributed by atoms with Crippen molar-refractivity contribution in [1.82, 2.24) is 4.98 Å². The standard InChI is InChI=1S/C16H13N3O/c1-12-7-8-18-15(9-12)19-16(20)6-5-13-3-2-4-14(10-13)11-17/h2-10H,1H3,(H,18,19,20). The number of carbonyl (C=O) groups is 1. The minimum atomic E-state index is -0.259. The summed E-state index contributed by atoms with van der Waals surface area (Å²) < 4.78 is 0. The van der Waals surface area contributed by atoms with Crippen LogP contribution < -0.4 is 5.32 Å². The van der Waals surface area contributed by atoms with Crippen molar-refractivity contribution in [2.75, 3.05) is 5.32 Å². The number of amides is 1. The molecular weight excluding hydrogens is 250 g/mol. The van der Waals surface area contributed by atoms with Crippen LogP contribution in [0.1, 0.15) is 16.7 Å². The summed E-state index contributed by atoms with van der Waals surface area (Å²) in [4.78, 5) is 15.8. The Morgan fingerprint density at radius 3 is 2.95 bits per heavy atom. The lowest BCUT2D eigenvalue weighted by Crippen LogP contribution is -2.09. The fraction of sp³-hybridized carbons (Fsp3) is 0.0625. The van der Waals surface area contributed by atoms with Gasteiger partial charge in [0, 0.05) is 12.3 Å². The molecule has 1 aromatic carbocycles. The van der Waals surface area contributed by atoms with Crippen molar-refractivity contribution >= 4 is 17.8 Å². The number of benzene rings is 1. The Kier molecular flexibility index (Phi) is 4.25. The normalized spacial score (nSPS) is 10.2. The SMILES string of the molecule is Cc1ccnc(NC(=O)C=Cc2cccc(C#N)c2)c1. The molecule has 4 nitrogen and oxygen atoms in total. The lowest BCUT2D eigenvalue weighted by Gasteiger charge is -2.01. The smallest absolute Gasteiger partial charge is 0.249 e. The molecule has 0 atom stereocenters. The molecule has 1 aromatic heterocycles. The first-order valence-corrected chi connectivity index (χ1v) is 6.09. The van der Waals surface area contributed by atoms with Gasteiger partial charge in [0.25, 0.3) is 0 Å².